The van der Waals surface area contributed by atoms with Gasteiger partial charge in [0.05, 0.1) is 17.6 Å². The van der Waals surface area contributed by atoms with Crippen molar-refractivity contribution < 1.29 is 27.0 Å². The van der Waals surface area contributed by atoms with Crippen molar-refractivity contribution >= 4 is 15.8 Å². The standard InChI is InChI=1S/C16H17NO7S/c1-2-22-10-11-23-14-6-8-16(9-7-14)25(20,21)24-15-5-3-4-13(12-15)17(18)19/h3-9,12H,2,10-11H2,1H3. The lowest BCUT2D eigenvalue weighted by Gasteiger charge is -2.09. The van der Waals surface area contributed by atoms with Crippen molar-refractivity contribution in [1.29, 1.82) is 0 Å². The van der Waals surface area contributed by atoms with Gasteiger partial charge >= 0.3 is 10.1 Å². The molecule has 2 aromatic carbocycles. The molecule has 9 heteroatoms. The first-order valence-corrected chi connectivity index (χ1v) is 8.83. The minimum Gasteiger partial charge on any atom is -0.491 e. The first kappa shape index (κ1) is 18.7. The van der Waals surface area contributed by atoms with Gasteiger partial charge in [-0.3, -0.25) is 10.1 Å². The van der Waals surface area contributed by atoms with E-state index in [0.717, 1.165) is 6.07 Å². The predicted molar refractivity (Wildman–Crippen MR) is 89.3 cm³/mol. The van der Waals surface area contributed by atoms with E-state index in [1.807, 2.05) is 6.92 Å². The normalized spacial score (nSPS) is 11.1. The van der Waals surface area contributed by atoms with Gasteiger partial charge in [0.25, 0.3) is 5.69 Å². The Morgan fingerprint density at radius 2 is 1.76 bits per heavy atom. The van der Waals surface area contributed by atoms with E-state index in [1.54, 1.807) is 0 Å². The van der Waals surface area contributed by atoms with Gasteiger partial charge < -0.3 is 13.7 Å². The lowest BCUT2D eigenvalue weighted by Crippen LogP contribution is -2.10. The monoisotopic (exact) mass is 367 g/mol. The van der Waals surface area contributed by atoms with Crippen molar-refractivity contribution in [2.75, 3.05) is 19.8 Å². The second-order valence-corrected chi connectivity index (χ2v) is 6.36. The minimum atomic E-state index is -4.10. The number of hydrogen-bond acceptors (Lipinski definition) is 7. The van der Waals surface area contributed by atoms with Crippen LogP contribution in [0.5, 0.6) is 11.5 Å². The van der Waals surface area contributed by atoms with Crippen molar-refractivity contribution in [3.63, 3.8) is 0 Å². The van der Waals surface area contributed by atoms with Gasteiger partial charge in [-0.25, -0.2) is 0 Å². The molecule has 0 amide bonds. The molecule has 0 unspecified atom stereocenters. The third kappa shape index (κ3) is 5.44. The fourth-order valence-electron chi connectivity index (χ4n) is 1.89. The summed E-state index contributed by atoms with van der Waals surface area (Å²) in [4.78, 5) is 10.0. The number of ether oxygens (including phenoxy) is 2. The van der Waals surface area contributed by atoms with E-state index >= 15 is 0 Å². The Morgan fingerprint density at radius 1 is 1.04 bits per heavy atom. The summed E-state index contributed by atoms with van der Waals surface area (Å²) in [6, 6.07) is 10.6. The van der Waals surface area contributed by atoms with Crippen LogP contribution in [0.25, 0.3) is 0 Å². The fourth-order valence-corrected chi connectivity index (χ4v) is 2.81. The van der Waals surface area contributed by atoms with Gasteiger partial charge in [-0.1, -0.05) is 6.07 Å². The first-order valence-electron chi connectivity index (χ1n) is 7.42. The number of nitro groups is 1. The highest BCUT2D eigenvalue weighted by molar-refractivity contribution is 7.87. The molecule has 134 valence electrons. The van der Waals surface area contributed by atoms with Gasteiger partial charge in [0.15, 0.2) is 0 Å². The summed E-state index contributed by atoms with van der Waals surface area (Å²) in [6.45, 7) is 3.26. The Labute approximate surface area is 145 Å². The van der Waals surface area contributed by atoms with E-state index < -0.39 is 15.0 Å². The third-order valence-electron chi connectivity index (χ3n) is 3.05. The maximum Gasteiger partial charge on any atom is 0.339 e. The number of nitro benzene ring substituents is 1. The maximum atomic E-state index is 12.2. The predicted octanol–water partition coefficient (Wildman–Crippen LogP) is 2.78. The van der Waals surface area contributed by atoms with Crippen molar-refractivity contribution in [3.05, 3.63) is 58.6 Å². The van der Waals surface area contributed by atoms with Gasteiger partial charge in [-0.2, -0.15) is 8.42 Å². The summed E-state index contributed by atoms with van der Waals surface area (Å²) in [5, 5.41) is 10.7. The molecule has 0 saturated heterocycles. The van der Waals surface area contributed by atoms with E-state index in [1.165, 1.54) is 42.5 Å². The summed E-state index contributed by atoms with van der Waals surface area (Å²) >= 11 is 0. The molecule has 8 nitrogen and oxygen atoms in total. The highest BCUT2D eigenvalue weighted by atomic mass is 32.2. The Bertz CT molecular complexity index is 819. The molecule has 0 bridgehead atoms. The van der Waals surface area contributed by atoms with Crippen LogP contribution in [0, 0.1) is 10.1 Å². The molecule has 2 aromatic rings. The van der Waals surface area contributed by atoms with Crippen LogP contribution in [0.2, 0.25) is 0 Å². The molecule has 0 saturated carbocycles. The second-order valence-electron chi connectivity index (χ2n) is 4.81. The number of hydrogen-bond donors (Lipinski definition) is 0. The molecule has 25 heavy (non-hydrogen) atoms. The quantitative estimate of drug-likeness (QED) is 0.290. The summed E-state index contributed by atoms with van der Waals surface area (Å²) in [5.74, 6) is 0.361. The fraction of sp³-hybridized carbons (Fsp3) is 0.250. The molecule has 2 rings (SSSR count). The molecule has 0 N–H and O–H groups in total. The van der Waals surface area contributed by atoms with Crippen LogP contribution < -0.4 is 8.92 Å². The summed E-state index contributed by atoms with van der Waals surface area (Å²) < 4.78 is 40.0. The zero-order chi connectivity index (χ0) is 18.3. The summed E-state index contributed by atoms with van der Waals surface area (Å²) in [6.07, 6.45) is 0. The van der Waals surface area contributed by atoms with E-state index in [-0.39, 0.29) is 16.3 Å². The molecule has 0 aliphatic heterocycles. The van der Waals surface area contributed by atoms with Crippen LogP contribution in [0.3, 0.4) is 0 Å². The largest absolute Gasteiger partial charge is 0.491 e. The maximum absolute atomic E-state index is 12.2. The number of benzene rings is 2. The smallest absolute Gasteiger partial charge is 0.339 e. The molecular weight excluding hydrogens is 350 g/mol. The molecule has 0 aliphatic carbocycles. The molecule has 0 spiro atoms. The SMILES string of the molecule is CCOCCOc1ccc(S(=O)(=O)Oc2cccc([N+](=O)[O-])c2)cc1. The van der Waals surface area contributed by atoms with Crippen LogP contribution in [-0.2, 0) is 14.9 Å². The van der Waals surface area contributed by atoms with Crippen LogP contribution in [0.15, 0.2) is 53.4 Å². The van der Waals surface area contributed by atoms with E-state index in [4.69, 9.17) is 13.7 Å². The zero-order valence-electron chi connectivity index (χ0n) is 13.5. The molecule has 0 heterocycles. The highest BCUT2D eigenvalue weighted by Crippen LogP contribution is 2.24. The van der Waals surface area contributed by atoms with Gasteiger partial charge in [0.1, 0.15) is 23.0 Å². The summed E-state index contributed by atoms with van der Waals surface area (Å²) in [7, 11) is -4.10. The van der Waals surface area contributed by atoms with Gasteiger partial charge in [0.2, 0.25) is 0 Å². The minimum absolute atomic E-state index is 0.0869. The lowest BCUT2D eigenvalue weighted by atomic mass is 10.3. The van der Waals surface area contributed by atoms with Gasteiger partial charge in [0, 0.05) is 12.7 Å². The molecule has 0 fully saturated rings. The van der Waals surface area contributed by atoms with Crippen LogP contribution >= 0.6 is 0 Å². The number of non-ortho nitro benzene ring substituents is 1. The van der Waals surface area contributed by atoms with Gasteiger partial charge in [-0.05, 0) is 37.3 Å². The summed E-state index contributed by atoms with van der Waals surface area (Å²) in [5.41, 5.74) is -0.259. The van der Waals surface area contributed by atoms with Crippen molar-refractivity contribution in [1.82, 2.24) is 0 Å². The van der Waals surface area contributed by atoms with Crippen LogP contribution in [0.4, 0.5) is 5.69 Å². The Kier molecular flexibility index (Phi) is 6.31. The Morgan fingerprint density at radius 3 is 2.40 bits per heavy atom. The molecule has 0 atom stereocenters. The molecule has 0 radical (unpaired) electrons. The average molecular weight is 367 g/mol. The lowest BCUT2D eigenvalue weighted by molar-refractivity contribution is -0.384. The highest BCUT2D eigenvalue weighted by Gasteiger charge is 2.18. The third-order valence-corrected chi connectivity index (χ3v) is 4.31. The van der Waals surface area contributed by atoms with Gasteiger partial charge in [-0.15, -0.1) is 0 Å². The Hall–Kier alpha value is -2.65. The van der Waals surface area contributed by atoms with Crippen molar-refractivity contribution in [3.8, 4) is 11.5 Å². The average Bonchev–Trinajstić information content (AvgIpc) is 2.59. The molecule has 0 aliphatic rings. The van der Waals surface area contributed by atoms with E-state index in [2.05, 4.69) is 0 Å². The second kappa shape index (κ2) is 8.45. The van der Waals surface area contributed by atoms with E-state index in [0.29, 0.717) is 25.6 Å². The van der Waals surface area contributed by atoms with Crippen molar-refractivity contribution in [2.45, 2.75) is 11.8 Å². The van der Waals surface area contributed by atoms with Crippen LogP contribution in [0.1, 0.15) is 6.92 Å². The van der Waals surface area contributed by atoms with Crippen molar-refractivity contribution in [2.24, 2.45) is 0 Å². The number of rotatable bonds is 9. The first-order chi connectivity index (χ1) is 11.9. The van der Waals surface area contributed by atoms with Crippen LogP contribution in [-0.4, -0.2) is 33.2 Å². The topological polar surface area (TPSA) is 105 Å². The van der Waals surface area contributed by atoms with E-state index in [9.17, 15) is 18.5 Å². The molecular formula is C16H17NO7S. The Balaban J connectivity index is 2.06. The molecule has 0 aromatic heterocycles. The zero-order valence-corrected chi connectivity index (χ0v) is 14.3. The number of nitrogens with zero attached hydrogens (tertiary/aromatic N) is 1.